The van der Waals surface area contributed by atoms with E-state index in [0.29, 0.717) is 12.2 Å². The smallest absolute Gasteiger partial charge is 0.153 e. The zero-order valence-electron chi connectivity index (χ0n) is 8.00. The molecule has 1 nitrogen and oxygen atoms in total. The molecule has 0 heterocycles. The van der Waals surface area contributed by atoms with Crippen molar-refractivity contribution in [2.75, 3.05) is 0 Å². The van der Waals surface area contributed by atoms with Crippen LogP contribution in [0.5, 0.6) is 0 Å². The SMILES string of the molecule is O=C1CCCCC1(Br)c1ccccc1. The van der Waals surface area contributed by atoms with E-state index >= 15 is 0 Å². The standard InChI is InChI=1S/C12H13BrO/c13-12(9-5-4-8-11(12)14)10-6-2-1-3-7-10/h1-3,6-7H,4-5,8-9H2. The zero-order valence-corrected chi connectivity index (χ0v) is 9.59. The fraction of sp³-hybridized carbons (Fsp3) is 0.417. The van der Waals surface area contributed by atoms with Crippen molar-refractivity contribution >= 4 is 21.7 Å². The molecule has 14 heavy (non-hydrogen) atoms. The summed E-state index contributed by atoms with van der Waals surface area (Å²) >= 11 is 3.62. The molecule has 0 aliphatic heterocycles. The Morgan fingerprint density at radius 2 is 1.86 bits per heavy atom. The number of alkyl halides is 1. The second kappa shape index (κ2) is 3.85. The molecule has 1 unspecified atom stereocenters. The van der Waals surface area contributed by atoms with E-state index in [1.165, 1.54) is 0 Å². The summed E-state index contributed by atoms with van der Waals surface area (Å²) < 4.78 is -0.396. The lowest BCUT2D eigenvalue weighted by atomic mass is 9.83. The van der Waals surface area contributed by atoms with Crippen LogP contribution in [0.3, 0.4) is 0 Å². The molecule has 0 saturated heterocycles. The van der Waals surface area contributed by atoms with Crippen molar-refractivity contribution in [3.63, 3.8) is 0 Å². The monoisotopic (exact) mass is 252 g/mol. The maximum atomic E-state index is 11.9. The van der Waals surface area contributed by atoms with Crippen molar-refractivity contribution in [2.24, 2.45) is 0 Å². The third-order valence-electron chi connectivity index (χ3n) is 2.85. The largest absolute Gasteiger partial charge is 0.298 e. The van der Waals surface area contributed by atoms with Gasteiger partial charge >= 0.3 is 0 Å². The van der Waals surface area contributed by atoms with E-state index in [9.17, 15) is 4.79 Å². The van der Waals surface area contributed by atoms with E-state index in [1.54, 1.807) is 0 Å². The molecule has 0 N–H and O–H groups in total. The van der Waals surface area contributed by atoms with Crippen LogP contribution in [0.4, 0.5) is 0 Å². The molecule has 0 amide bonds. The lowest BCUT2D eigenvalue weighted by molar-refractivity contribution is -0.122. The molecule has 1 aliphatic carbocycles. The second-order valence-corrected chi connectivity index (χ2v) is 5.15. The van der Waals surface area contributed by atoms with Crippen molar-refractivity contribution in [2.45, 2.75) is 30.0 Å². The summed E-state index contributed by atoms with van der Waals surface area (Å²) in [6.45, 7) is 0. The van der Waals surface area contributed by atoms with Gasteiger partial charge in [0.2, 0.25) is 0 Å². The highest BCUT2D eigenvalue weighted by Gasteiger charge is 2.38. The summed E-state index contributed by atoms with van der Waals surface area (Å²) in [4.78, 5) is 11.9. The third kappa shape index (κ3) is 1.63. The van der Waals surface area contributed by atoms with Crippen LogP contribution in [0.25, 0.3) is 0 Å². The average Bonchev–Trinajstić information content (AvgIpc) is 2.24. The number of carbonyl (C=O) groups excluding carboxylic acids is 1. The van der Waals surface area contributed by atoms with Gasteiger partial charge in [-0.25, -0.2) is 0 Å². The molecule has 0 aromatic heterocycles. The van der Waals surface area contributed by atoms with Gasteiger partial charge in [0.05, 0.1) is 0 Å². The number of carbonyl (C=O) groups is 1. The number of hydrogen-bond acceptors (Lipinski definition) is 1. The Balaban J connectivity index is 2.35. The van der Waals surface area contributed by atoms with Gasteiger partial charge in [-0.2, -0.15) is 0 Å². The number of rotatable bonds is 1. The van der Waals surface area contributed by atoms with Gasteiger partial charge in [0.25, 0.3) is 0 Å². The third-order valence-corrected chi connectivity index (χ3v) is 4.15. The first-order valence-electron chi connectivity index (χ1n) is 5.01. The van der Waals surface area contributed by atoms with Gasteiger partial charge in [0.15, 0.2) is 5.78 Å². The van der Waals surface area contributed by atoms with Gasteiger partial charge in [-0.1, -0.05) is 52.7 Å². The molecule has 2 heteroatoms. The Morgan fingerprint density at radius 3 is 2.50 bits per heavy atom. The van der Waals surface area contributed by atoms with Crippen molar-refractivity contribution in [1.82, 2.24) is 0 Å². The molecule has 0 spiro atoms. The number of Topliss-reactive ketones (excluding diaryl/α,β-unsaturated/α-hetero) is 1. The molecule has 1 aromatic rings. The minimum atomic E-state index is -0.396. The lowest BCUT2D eigenvalue weighted by Crippen LogP contribution is -2.32. The van der Waals surface area contributed by atoms with E-state index in [0.717, 1.165) is 24.8 Å². The quantitative estimate of drug-likeness (QED) is 0.701. The van der Waals surface area contributed by atoms with Crippen LogP contribution in [0.1, 0.15) is 31.2 Å². The van der Waals surface area contributed by atoms with Crippen LogP contribution in [-0.2, 0) is 9.12 Å². The first-order chi connectivity index (χ1) is 6.73. The van der Waals surface area contributed by atoms with E-state index in [4.69, 9.17) is 0 Å². The maximum absolute atomic E-state index is 11.9. The maximum Gasteiger partial charge on any atom is 0.153 e. The summed E-state index contributed by atoms with van der Waals surface area (Å²) in [5, 5.41) is 0. The van der Waals surface area contributed by atoms with Gasteiger partial charge in [-0.3, -0.25) is 4.79 Å². The topological polar surface area (TPSA) is 17.1 Å². The number of hydrogen-bond donors (Lipinski definition) is 0. The first kappa shape index (κ1) is 9.91. The molecule has 1 saturated carbocycles. The average molecular weight is 253 g/mol. The molecule has 1 aliphatic rings. The normalized spacial score (nSPS) is 27.6. The predicted octanol–water partition coefficient (Wildman–Crippen LogP) is 3.42. The summed E-state index contributed by atoms with van der Waals surface area (Å²) in [5.74, 6) is 0.329. The fourth-order valence-electron chi connectivity index (χ4n) is 2.00. The predicted molar refractivity (Wildman–Crippen MR) is 60.5 cm³/mol. The fourth-order valence-corrected chi connectivity index (χ4v) is 2.74. The highest BCUT2D eigenvalue weighted by molar-refractivity contribution is 9.10. The van der Waals surface area contributed by atoms with Gasteiger partial charge in [-0.05, 0) is 18.4 Å². The molecule has 1 aromatic carbocycles. The zero-order chi connectivity index (χ0) is 10.0. The van der Waals surface area contributed by atoms with Gasteiger partial charge in [0, 0.05) is 6.42 Å². The number of benzene rings is 1. The van der Waals surface area contributed by atoms with Gasteiger partial charge in [-0.15, -0.1) is 0 Å². The number of halogens is 1. The lowest BCUT2D eigenvalue weighted by Gasteiger charge is -2.30. The van der Waals surface area contributed by atoms with E-state index in [2.05, 4.69) is 15.9 Å². The van der Waals surface area contributed by atoms with E-state index < -0.39 is 4.32 Å². The summed E-state index contributed by atoms with van der Waals surface area (Å²) in [6, 6.07) is 10.0. The van der Waals surface area contributed by atoms with Crippen molar-refractivity contribution in [1.29, 1.82) is 0 Å². The Morgan fingerprint density at radius 1 is 1.14 bits per heavy atom. The van der Waals surface area contributed by atoms with E-state index in [-0.39, 0.29) is 0 Å². The van der Waals surface area contributed by atoms with Crippen molar-refractivity contribution in [3.8, 4) is 0 Å². The highest BCUT2D eigenvalue weighted by Crippen LogP contribution is 2.41. The molecular weight excluding hydrogens is 240 g/mol. The summed E-state index contributed by atoms with van der Waals surface area (Å²) in [7, 11) is 0. The molecular formula is C12H13BrO. The second-order valence-electron chi connectivity index (χ2n) is 3.80. The number of ketones is 1. The molecule has 0 bridgehead atoms. The Hall–Kier alpha value is -0.630. The minimum Gasteiger partial charge on any atom is -0.298 e. The summed E-state index contributed by atoms with van der Waals surface area (Å²) in [6.07, 6.45) is 3.81. The van der Waals surface area contributed by atoms with Crippen LogP contribution in [-0.4, -0.2) is 5.78 Å². The minimum absolute atomic E-state index is 0.329. The first-order valence-corrected chi connectivity index (χ1v) is 5.80. The Kier molecular flexibility index (Phi) is 2.73. The van der Waals surface area contributed by atoms with Crippen LogP contribution in [0, 0.1) is 0 Å². The Labute approximate surface area is 92.6 Å². The molecule has 74 valence electrons. The van der Waals surface area contributed by atoms with Crippen LogP contribution in [0.2, 0.25) is 0 Å². The summed E-state index contributed by atoms with van der Waals surface area (Å²) in [5.41, 5.74) is 1.10. The van der Waals surface area contributed by atoms with Gasteiger partial charge < -0.3 is 0 Å². The van der Waals surface area contributed by atoms with Gasteiger partial charge in [0.1, 0.15) is 4.32 Å². The van der Waals surface area contributed by atoms with E-state index in [1.807, 2.05) is 30.3 Å². The van der Waals surface area contributed by atoms with Crippen molar-refractivity contribution < 1.29 is 4.79 Å². The Bertz CT molecular complexity index is 333. The molecule has 0 radical (unpaired) electrons. The van der Waals surface area contributed by atoms with Crippen LogP contribution >= 0.6 is 15.9 Å². The van der Waals surface area contributed by atoms with Crippen molar-refractivity contribution in [3.05, 3.63) is 35.9 Å². The highest BCUT2D eigenvalue weighted by atomic mass is 79.9. The van der Waals surface area contributed by atoms with Crippen LogP contribution < -0.4 is 0 Å². The molecule has 2 rings (SSSR count). The molecule has 1 atom stereocenters. The van der Waals surface area contributed by atoms with Crippen LogP contribution in [0.15, 0.2) is 30.3 Å². The molecule has 1 fully saturated rings.